The number of methoxy groups -OCH3 is 1. The highest BCUT2D eigenvalue weighted by atomic mass is 32.1. The molecule has 0 bridgehead atoms. The summed E-state index contributed by atoms with van der Waals surface area (Å²) >= 11 is 4.92. The van der Waals surface area contributed by atoms with Gasteiger partial charge in [0.15, 0.2) is 0 Å². The van der Waals surface area contributed by atoms with Gasteiger partial charge in [-0.3, -0.25) is 5.10 Å². The molecule has 0 saturated heterocycles. The normalized spacial score (nSPS) is 10.4. The Labute approximate surface area is 94.5 Å². The lowest BCUT2D eigenvalue weighted by Crippen LogP contribution is -2.15. The van der Waals surface area contributed by atoms with Crippen molar-refractivity contribution in [1.82, 2.24) is 14.8 Å². The van der Waals surface area contributed by atoms with Gasteiger partial charge in [0.25, 0.3) is 0 Å². The molecule has 0 aliphatic heterocycles. The predicted octanol–water partition coefficient (Wildman–Crippen LogP) is 1.37. The smallest absolute Gasteiger partial charge is 0.347 e. The Morgan fingerprint density at radius 2 is 2.19 bits per heavy atom. The first kappa shape index (κ1) is 10.6. The van der Waals surface area contributed by atoms with E-state index in [0.29, 0.717) is 5.69 Å². The fourth-order valence-electron chi connectivity index (χ4n) is 1.37. The molecule has 0 spiro atoms. The van der Waals surface area contributed by atoms with Gasteiger partial charge < -0.3 is 4.74 Å². The fourth-order valence-corrected chi connectivity index (χ4v) is 1.60. The highest BCUT2D eigenvalue weighted by Crippen LogP contribution is 2.22. The van der Waals surface area contributed by atoms with Crippen molar-refractivity contribution in [1.29, 1.82) is 0 Å². The Hall–Kier alpha value is -1.89. The minimum absolute atomic E-state index is 0.190. The maximum atomic E-state index is 13.0. The lowest BCUT2D eigenvalue weighted by Gasteiger charge is -2.07. The van der Waals surface area contributed by atoms with Gasteiger partial charge in [0.2, 0.25) is 4.77 Å². The van der Waals surface area contributed by atoms with Gasteiger partial charge in [-0.2, -0.15) is 0 Å². The summed E-state index contributed by atoms with van der Waals surface area (Å²) in [7, 11) is 1.39. The lowest BCUT2D eigenvalue weighted by atomic mass is 10.3. The van der Waals surface area contributed by atoms with Crippen molar-refractivity contribution in [3.05, 3.63) is 39.3 Å². The number of halogens is 1. The standard InChI is InChI=1S/C9H8FN3O2S/c1-15-7-4-5(10)2-3-6(7)13-8(14)11-12-9(13)16/h2-4H,1H3,(H,11,14)(H,12,16). The van der Waals surface area contributed by atoms with Gasteiger partial charge >= 0.3 is 5.69 Å². The van der Waals surface area contributed by atoms with E-state index in [4.69, 9.17) is 17.0 Å². The van der Waals surface area contributed by atoms with Crippen molar-refractivity contribution in [2.45, 2.75) is 0 Å². The zero-order valence-electron chi connectivity index (χ0n) is 8.28. The van der Waals surface area contributed by atoms with Crippen LogP contribution in [0.1, 0.15) is 0 Å². The maximum Gasteiger partial charge on any atom is 0.347 e. The molecule has 0 radical (unpaired) electrons. The highest BCUT2D eigenvalue weighted by molar-refractivity contribution is 7.71. The second-order valence-electron chi connectivity index (χ2n) is 3.01. The van der Waals surface area contributed by atoms with Crippen molar-refractivity contribution in [2.24, 2.45) is 0 Å². The molecule has 0 unspecified atom stereocenters. The van der Waals surface area contributed by atoms with Gasteiger partial charge in [0, 0.05) is 6.07 Å². The van der Waals surface area contributed by atoms with Crippen LogP contribution in [-0.4, -0.2) is 21.9 Å². The molecule has 2 aromatic rings. The van der Waals surface area contributed by atoms with E-state index < -0.39 is 11.5 Å². The minimum atomic E-state index is -0.445. The van der Waals surface area contributed by atoms with Crippen molar-refractivity contribution >= 4 is 12.2 Å². The van der Waals surface area contributed by atoms with E-state index in [1.165, 1.54) is 29.9 Å². The van der Waals surface area contributed by atoms with Crippen LogP contribution in [0, 0.1) is 10.6 Å². The second kappa shape index (κ2) is 3.93. The van der Waals surface area contributed by atoms with Gasteiger partial charge in [-0.1, -0.05) is 0 Å². The van der Waals surface area contributed by atoms with Crippen LogP contribution in [0.2, 0.25) is 0 Å². The third-order valence-corrected chi connectivity index (χ3v) is 2.35. The topological polar surface area (TPSA) is 62.8 Å². The van der Waals surface area contributed by atoms with Gasteiger partial charge in [-0.05, 0) is 24.4 Å². The monoisotopic (exact) mass is 241 g/mol. The molecule has 1 aromatic carbocycles. The first-order valence-electron chi connectivity index (χ1n) is 4.37. The Morgan fingerprint density at radius 1 is 1.44 bits per heavy atom. The molecule has 16 heavy (non-hydrogen) atoms. The summed E-state index contributed by atoms with van der Waals surface area (Å²) in [5, 5.41) is 4.82. The lowest BCUT2D eigenvalue weighted by molar-refractivity contribution is 0.409. The Bertz CT molecular complexity index is 601. The molecule has 0 atom stereocenters. The molecule has 7 heteroatoms. The summed E-state index contributed by atoms with van der Waals surface area (Å²) in [5.74, 6) is -0.208. The second-order valence-corrected chi connectivity index (χ2v) is 3.40. The molecule has 1 aromatic heterocycles. The molecule has 0 aliphatic rings. The Morgan fingerprint density at radius 3 is 2.75 bits per heavy atom. The van der Waals surface area contributed by atoms with Crippen LogP contribution in [-0.2, 0) is 0 Å². The molecule has 0 aliphatic carbocycles. The molecule has 0 amide bonds. The summed E-state index contributed by atoms with van der Waals surface area (Å²) in [5.41, 5.74) is -0.0497. The number of rotatable bonds is 2. The van der Waals surface area contributed by atoms with E-state index in [1.807, 2.05) is 0 Å². The largest absolute Gasteiger partial charge is 0.494 e. The number of nitrogens with zero attached hydrogens (tertiary/aromatic N) is 1. The third kappa shape index (κ3) is 1.65. The predicted molar refractivity (Wildman–Crippen MR) is 58.1 cm³/mol. The van der Waals surface area contributed by atoms with E-state index in [1.54, 1.807) is 0 Å². The zero-order chi connectivity index (χ0) is 11.7. The first-order chi connectivity index (χ1) is 7.63. The molecule has 0 saturated carbocycles. The number of nitrogens with one attached hydrogen (secondary N) is 2. The average Bonchev–Trinajstić information content (AvgIpc) is 2.59. The molecule has 1 heterocycles. The van der Waals surface area contributed by atoms with Gasteiger partial charge in [-0.15, -0.1) is 0 Å². The minimum Gasteiger partial charge on any atom is -0.494 e. The average molecular weight is 241 g/mol. The number of aromatic nitrogens is 3. The molecule has 0 fully saturated rings. The van der Waals surface area contributed by atoms with E-state index in [2.05, 4.69) is 10.2 Å². The quantitative estimate of drug-likeness (QED) is 0.780. The van der Waals surface area contributed by atoms with Crippen molar-refractivity contribution in [3.8, 4) is 11.4 Å². The molecular formula is C9H8FN3O2S. The van der Waals surface area contributed by atoms with Gasteiger partial charge in [0.05, 0.1) is 12.8 Å². The van der Waals surface area contributed by atoms with Crippen LogP contribution in [0.15, 0.2) is 23.0 Å². The number of benzene rings is 1. The van der Waals surface area contributed by atoms with Crippen LogP contribution in [0.25, 0.3) is 5.69 Å². The van der Waals surface area contributed by atoms with Gasteiger partial charge in [-0.25, -0.2) is 18.9 Å². The van der Waals surface area contributed by atoms with Crippen molar-refractivity contribution < 1.29 is 9.13 Å². The number of aromatic amines is 2. The van der Waals surface area contributed by atoms with Gasteiger partial charge in [0.1, 0.15) is 11.6 Å². The molecule has 2 rings (SSSR count). The van der Waals surface area contributed by atoms with E-state index in [0.717, 1.165) is 0 Å². The number of ether oxygens (including phenoxy) is 1. The summed E-state index contributed by atoms with van der Waals surface area (Å²) in [6.45, 7) is 0. The number of H-pyrrole nitrogens is 2. The van der Waals surface area contributed by atoms with Crippen LogP contribution >= 0.6 is 12.2 Å². The fraction of sp³-hybridized carbons (Fsp3) is 0.111. The maximum absolute atomic E-state index is 13.0. The van der Waals surface area contributed by atoms with Crippen LogP contribution in [0.3, 0.4) is 0 Å². The van der Waals surface area contributed by atoms with Crippen molar-refractivity contribution in [3.63, 3.8) is 0 Å². The van der Waals surface area contributed by atoms with Crippen LogP contribution in [0.5, 0.6) is 5.75 Å². The first-order valence-corrected chi connectivity index (χ1v) is 4.78. The molecule has 5 nitrogen and oxygen atoms in total. The van der Waals surface area contributed by atoms with E-state index in [9.17, 15) is 9.18 Å². The molecule has 2 N–H and O–H groups in total. The zero-order valence-corrected chi connectivity index (χ0v) is 9.10. The molecule has 84 valence electrons. The highest BCUT2D eigenvalue weighted by Gasteiger charge is 2.10. The summed E-state index contributed by atoms with van der Waals surface area (Å²) in [6.07, 6.45) is 0. The van der Waals surface area contributed by atoms with Crippen LogP contribution in [0.4, 0.5) is 4.39 Å². The van der Waals surface area contributed by atoms with Crippen molar-refractivity contribution in [2.75, 3.05) is 7.11 Å². The summed E-state index contributed by atoms with van der Waals surface area (Å²) < 4.78 is 19.3. The number of hydrogen-bond donors (Lipinski definition) is 2. The Balaban J connectivity index is 2.74. The third-order valence-electron chi connectivity index (χ3n) is 2.07. The van der Waals surface area contributed by atoms with E-state index in [-0.39, 0.29) is 10.5 Å². The molecular weight excluding hydrogens is 233 g/mol. The summed E-state index contributed by atoms with van der Waals surface area (Å²) in [4.78, 5) is 11.5. The summed E-state index contributed by atoms with van der Waals surface area (Å²) in [6, 6.07) is 3.84. The van der Waals surface area contributed by atoms with Crippen LogP contribution < -0.4 is 10.4 Å². The number of hydrogen-bond acceptors (Lipinski definition) is 3. The Kier molecular flexibility index (Phi) is 2.61. The van der Waals surface area contributed by atoms with E-state index >= 15 is 0 Å². The SMILES string of the molecule is COc1cc(F)ccc1-n1c(=O)[nH][nH]c1=S.